The predicted octanol–water partition coefficient (Wildman–Crippen LogP) is 9.34. The Bertz CT molecular complexity index is 2130. The maximum absolute atomic E-state index is 13.4. The Hall–Kier alpha value is -5.37. The first-order valence-corrected chi connectivity index (χ1v) is 16.0. The fourth-order valence-corrected chi connectivity index (χ4v) is 5.98. The third-order valence-corrected chi connectivity index (χ3v) is 8.43. The van der Waals surface area contributed by atoms with Crippen LogP contribution in [0.5, 0.6) is 5.75 Å². The average Bonchev–Trinajstić information content (AvgIpc) is 3.48. The van der Waals surface area contributed by atoms with Crippen LogP contribution in [0.15, 0.2) is 115 Å². The van der Waals surface area contributed by atoms with E-state index in [2.05, 4.69) is 23.5 Å². The van der Waals surface area contributed by atoms with Gasteiger partial charge in [0.2, 0.25) is 5.91 Å². The van der Waals surface area contributed by atoms with E-state index < -0.39 is 5.97 Å². The van der Waals surface area contributed by atoms with Crippen molar-refractivity contribution in [3.63, 3.8) is 0 Å². The van der Waals surface area contributed by atoms with Crippen LogP contribution in [0.4, 0.5) is 0 Å². The highest BCUT2D eigenvalue weighted by Crippen LogP contribution is 2.30. The van der Waals surface area contributed by atoms with Crippen molar-refractivity contribution in [3.8, 4) is 17.0 Å². The zero-order valence-electron chi connectivity index (χ0n) is 25.9. The lowest BCUT2D eigenvalue weighted by Crippen LogP contribution is -2.30. The molecular formula is C39H31Cl2N3O4. The van der Waals surface area contributed by atoms with Crippen LogP contribution in [0.25, 0.3) is 34.2 Å². The third kappa shape index (κ3) is 7.77. The Kier molecular flexibility index (Phi) is 9.90. The largest absolute Gasteiger partial charge is 0.489 e. The number of ether oxygens (including phenoxy) is 1. The van der Waals surface area contributed by atoms with Crippen molar-refractivity contribution in [2.45, 2.75) is 26.1 Å². The molecule has 6 aromatic rings. The second-order valence-electron chi connectivity index (χ2n) is 11.3. The molecule has 0 fully saturated rings. The molecule has 0 bridgehead atoms. The van der Waals surface area contributed by atoms with Gasteiger partial charge in [0.1, 0.15) is 24.7 Å². The molecule has 0 aliphatic carbocycles. The van der Waals surface area contributed by atoms with Crippen molar-refractivity contribution in [3.05, 3.63) is 154 Å². The Labute approximate surface area is 288 Å². The standard InChI is InChI=1S/C39H31Cl2N3O4/c1-25(32-11-5-8-28-7-2-3-10-33(28)32)42-38(45)23-44-22-36(34-18-15-30(40)21-35(34)41)43-37(44)19-14-26-12-16-31(17-13-26)48-24-27-6-4-9-29(20-27)39(46)47/h2-22,25H,23-24H2,1H3,(H,42,45)(H,46,47). The summed E-state index contributed by atoms with van der Waals surface area (Å²) in [7, 11) is 0. The van der Waals surface area contributed by atoms with E-state index in [-0.39, 0.29) is 30.7 Å². The summed E-state index contributed by atoms with van der Waals surface area (Å²) in [6.45, 7) is 2.27. The molecule has 0 aliphatic heterocycles. The topological polar surface area (TPSA) is 93.5 Å². The lowest BCUT2D eigenvalue weighted by atomic mass is 10.00. The molecule has 0 radical (unpaired) electrons. The zero-order valence-corrected chi connectivity index (χ0v) is 27.5. The number of benzene rings is 5. The minimum atomic E-state index is -0.979. The molecular weight excluding hydrogens is 645 g/mol. The highest BCUT2D eigenvalue weighted by molar-refractivity contribution is 6.36. The summed E-state index contributed by atoms with van der Waals surface area (Å²) < 4.78 is 7.66. The second-order valence-corrected chi connectivity index (χ2v) is 12.1. The van der Waals surface area contributed by atoms with Crippen LogP contribution in [0.1, 0.15) is 45.8 Å². The predicted molar refractivity (Wildman–Crippen MR) is 191 cm³/mol. The van der Waals surface area contributed by atoms with Gasteiger partial charge in [-0.1, -0.05) is 96.0 Å². The van der Waals surface area contributed by atoms with Gasteiger partial charge in [0, 0.05) is 16.8 Å². The third-order valence-electron chi connectivity index (χ3n) is 7.88. The van der Waals surface area contributed by atoms with E-state index >= 15 is 0 Å². The van der Waals surface area contributed by atoms with Crippen LogP contribution in [-0.2, 0) is 17.9 Å². The molecule has 2 N–H and O–H groups in total. The molecule has 1 atom stereocenters. The van der Waals surface area contributed by atoms with Gasteiger partial charge in [-0.15, -0.1) is 0 Å². The number of imidazole rings is 1. The summed E-state index contributed by atoms with van der Waals surface area (Å²) in [5.74, 6) is 0.0772. The number of halogens is 2. The molecule has 1 amide bonds. The number of carbonyl (C=O) groups excluding carboxylic acids is 1. The Morgan fingerprint density at radius 3 is 2.48 bits per heavy atom. The molecule has 0 aliphatic rings. The van der Waals surface area contributed by atoms with Crippen molar-refractivity contribution in [1.82, 2.24) is 14.9 Å². The van der Waals surface area contributed by atoms with E-state index in [9.17, 15) is 14.7 Å². The van der Waals surface area contributed by atoms with E-state index in [4.69, 9.17) is 32.9 Å². The number of amides is 1. The quantitative estimate of drug-likeness (QED) is 0.143. The normalized spacial score (nSPS) is 11.9. The summed E-state index contributed by atoms with van der Waals surface area (Å²) in [4.78, 5) is 29.5. The molecule has 0 saturated carbocycles. The fraction of sp³-hybridized carbons (Fsp3) is 0.103. The molecule has 5 aromatic carbocycles. The zero-order chi connectivity index (χ0) is 33.6. The van der Waals surface area contributed by atoms with E-state index in [0.717, 1.165) is 27.5 Å². The molecule has 48 heavy (non-hydrogen) atoms. The Balaban J connectivity index is 1.19. The van der Waals surface area contributed by atoms with Gasteiger partial charge in [0.25, 0.3) is 0 Å². The number of aromatic nitrogens is 2. The number of fused-ring (bicyclic) bond motifs is 1. The smallest absolute Gasteiger partial charge is 0.335 e. The number of rotatable bonds is 11. The molecule has 0 saturated heterocycles. The Morgan fingerprint density at radius 2 is 1.69 bits per heavy atom. The summed E-state index contributed by atoms with van der Waals surface area (Å²) in [5, 5.41) is 15.6. The van der Waals surface area contributed by atoms with Crippen LogP contribution in [0.3, 0.4) is 0 Å². The van der Waals surface area contributed by atoms with Crippen molar-refractivity contribution in [2.75, 3.05) is 0 Å². The molecule has 1 unspecified atom stereocenters. The lowest BCUT2D eigenvalue weighted by molar-refractivity contribution is -0.122. The number of carboxylic acids is 1. The summed E-state index contributed by atoms with van der Waals surface area (Å²) in [6, 6.07) is 33.4. The van der Waals surface area contributed by atoms with Crippen molar-refractivity contribution < 1.29 is 19.4 Å². The van der Waals surface area contributed by atoms with Crippen molar-refractivity contribution >= 4 is 58.0 Å². The van der Waals surface area contributed by atoms with Crippen LogP contribution >= 0.6 is 23.2 Å². The number of aromatic carboxylic acids is 1. The second kappa shape index (κ2) is 14.6. The molecule has 7 nitrogen and oxygen atoms in total. The van der Waals surface area contributed by atoms with Gasteiger partial charge < -0.3 is 19.7 Å². The number of carboxylic acid groups (broad SMARTS) is 1. The molecule has 0 spiro atoms. The van der Waals surface area contributed by atoms with Crippen LogP contribution < -0.4 is 10.1 Å². The molecule has 240 valence electrons. The van der Waals surface area contributed by atoms with E-state index in [1.165, 1.54) is 0 Å². The first kappa shape index (κ1) is 32.6. The van der Waals surface area contributed by atoms with Gasteiger partial charge in [0.05, 0.1) is 22.3 Å². The number of carbonyl (C=O) groups is 2. The highest BCUT2D eigenvalue weighted by atomic mass is 35.5. The minimum absolute atomic E-state index is 0.0445. The maximum Gasteiger partial charge on any atom is 0.335 e. The number of hydrogen-bond donors (Lipinski definition) is 2. The monoisotopic (exact) mass is 675 g/mol. The van der Waals surface area contributed by atoms with Crippen LogP contribution in [0, 0.1) is 0 Å². The number of hydrogen-bond acceptors (Lipinski definition) is 4. The number of nitrogens with one attached hydrogen (secondary N) is 1. The molecule has 1 heterocycles. The van der Waals surface area contributed by atoms with Crippen LogP contribution in [-0.4, -0.2) is 26.5 Å². The van der Waals surface area contributed by atoms with Crippen molar-refractivity contribution in [2.24, 2.45) is 0 Å². The van der Waals surface area contributed by atoms with Gasteiger partial charge >= 0.3 is 5.97 Å². The van der Waals surface area contributed by atoms with Gasteiger partial charge in [-0.25, -0.2) is 9.78 Å². The van der Waals surface area contributed by atoms with Crippen molar-refractivity contribution in [1.29, 1.82) is 0 Å². The first-order chi connectivity index (χ1) is 23.2. The van der Waals surface area contributed by atoms with Gasteiger partial charge in [-0.05, 0) is 82.9 Å². The van der Waals surface area contributed by atoms with E-state index in [1.54, 1.807) is 34.9 Å². The van der Waals surface area contributed by atoms with Gasteiger partial charge in [0.15, 0.2) is 0 Å². The molecule has 1 aromatic heterocycles. The van der Waals surface area contributed by atoms with E-state index in [1.807, 2.05) is 85.9 Å². The van der Waals surface area contributed by atoms with E-state index in [0.29, 0.717) is 32.9 Å². The molecule has 6 rings (SSSR count). The lowest BCUT2D eigenvalue weighted by Gasteiger charge is -2.17. The number of nitrogens with zero attached hydrogens (tertiary/aromatic N) is 2. The van der Waals surface area contributed by atoms with Crippen LogP contribution in [0.2, 0.25) is 10.0 Å². The summed E-state index contributed by atoms with van der Waals surface area (Å²) in [5.41, 5.74) is 4.23. The minimum Gasteiger partial charge on any atom is -0.489 e. The van der Waals surface area contributed by atoms with Gasteiger partial charge in [-0.3, -0.25) is 4.79 Å². The summed E-state index contributed by atoms with van der Waals surface area (Å²) in [6.07, 6.45) is 5.57. The Morgan fingerprint density at radius 1 is 0.917 bits per heavy atom. The summed E-state index contributed by atoms with van der Waals surface area (Å²) >= 11 is 12.7. The maximum atomic E-state index is 13.4. The molecule has 9 heteroatoms. The average molecular weight is 677 g/mol. The highest BCUT2D eigenvalue weighted by Gasteiger charge is 2.16. The van der Waals surface area contributed by atoms with Gasteiger partial charge in [-0.2, -0.15) is 0 Å². The fourth-order valence-electron chi connectivity index (χ4n) is 5.47. The first-order valence-electron chi connectivity index (χ1n) is 15.3. The SMILES string of the molecule is CC(NC(=O)Cn1cc(-c2ccc(Cl)cc2Cl)nc1C=Cc1ccc(OCc2cccc(C(=O)O)c2)cc1)c1cccc2ccccc12.